The standard InChI is InChI=1S/C7H11NO3S/c1-3-10-6(9)5-4(2)11-7(12)8-5/h4-5H,3H2,1-2H3,(H,8,12)/t4-,5+/m0/s1. The summed E-state index contributed by atoms with van der Waals surface area (Å²) >= 11 is 4.74. The second-order valence-electron chi connectivity index (χ2n) is 2.48. The van der Waals surface area contributed by atoms with E-state index in [1.807, 2.05) is 0 Å². The number of rotatable bonds is 2. The summed E-state index contributed by atoms with van der Waals surface area (Å²) in [6.07, 6.45) is -0.239. The van der Waals surface area contributed by atoms with E-state index < -0.39 is 6.04 Å². The summed E-state index contributed by atoms with van der Waals surface area (Å²) in [7, 11) is 0. The SMILES string of the molecule is CCOC(=O)[C@@H]1NC(=S)O[C@H]1C. The third kappa shape index (κ3) is 1.85. The van der Waals surface area contributed by atoms with Crippen molar-refractivity contribution < 1.29 is 14.3 Å². The molecule has 12 heavy (non-hydrogen) atoms. The highest BCUT2D eigenvalue weighted by Gasteiger charge is 2.34. The lowest BCUT2D eigenvalue weighted by molar-refractivity contribution is -0.146. The number of carbonyl (C=O) groups excluding carboxylic acids is 1. The Balaban J connectivity index is 2.52. The predicted octanol–water partition coefficient (Wildman–Crippen LogP) is 0.211. The van der Waals surface area contributed by atoms with Crippen molar-refractivity contribution >= 4 is 23.4 Å². The zero-order chi connectivity index (χ0) is 9.14. The van der Waals surface area contributed by atoms with Crippen LogP contribution in [0.1, 0.15) is 13.8 Å². The maximum absolute atomic E-state index is 11.2. The highest BCUT2D eigenvalue weighted by Crippen LogP contribution is 2.09. The first kappa shape index (κ1) is 9.25. The van der Waals surface area contributed by atoms with Gasteiger partial charge in [0.05, 0.1) is 6.61 Å². The van der Waals surface area contributed by atoms with E-state index in [0.29, 0.717) is 6.61 Å². The average Bonchev–Trinajstić information content (AvgIpc) is 2.30. The van der Waals surface area contributed by atoms with Crippen LogP contribution in [0.2, 0.25) is 0 Å². The van der Waals surface area contributed by atoms with Gasteiger partial charge in [0.2, 0.25) is 0 Å². The molecule has 1 rings (SSSR count). The first-order valence-corrected chi connectivity index (χ1v) is 4.19. The van der Waals surface area contributed by atoms with Crippen molar-refractivity contribution in [2.45, 2.75) is 26.0 Å². The van der Waals surface area contributed by atoms with E-state index in [1.165, 1.54) is 0 Å². The Hall–Kier alpha value is -0.840. The molecular weight excluding hydrogens is 178 g/mol. The molecule has 0 radical (unpaired) electrons. The Labute approximate surface area is 76.2 Å². The van der Waals surface area contributed by atoms with Crippen LogP contribution in [0.15, 0.2) is 0 Å². The molecule has 1 fully saturated rings. The van der Waals surface area contributed by atoms with Crippen LogP contribution in [0.4, 0.5) is 0 Å². The van der Waals surface area contributed by atoms with E-state index in [-0.39, 0.29) is 17.2 Å². The fourth-order valence-electron chi connectivity index (χ4n) is 0.998. The summed E-state index contributed by atoms with van der Waals surface area (Å²) in [6.45, 7) is 3.90. The van der Waals surface area contributed by atoms with E-state index in [1.54, 1.807) is 13.8 Å². The maximum Gasteiger partial charge on any atom is 0.332 e. The van der Waals surface area contributed by atoms with Gasteiger partial charge in [-0.3, -0.25) is 0 Å². The molecule has 0 aromatic carbocycles. The molecule has 0 aromatic rings. The number of esters is 1. The molecule has 1 aliphatic rings. The van der Waals surface area contributed by atoms with Crippen LogP contribution in [0.3, 0.4) is 0 Å². The molecule has 0 aromatic heterocycles. The minimum atomic E-state index is -0.447. The van der Waals surface area contributed by atoms with Crippen LogP contribution in [-0.4, -0.2) is 29.9 Å². The summed E-state index contributed by atoms with van der Waals surface area (Å²) in [4.78, 5) is 11.2. The molecule has 68 valence electrons. The van der Waals surface area contributed by atoms with Gasteiger partial charge < -0.3 is 14.8 Å². The van der Waals surface area contributed by atoms with Crippen molar-refractivity contribution in [3.8, 4) is 0 Å². The smallest absolute Gasteiger partial charge is 0.332 e. The van der Waals surface area contributed by atoms with Crippen LogP contribution in [0, 0.1) is 0 Å². The molecule has 0 aliphatic carbocycles. The zero-order valence-electron chi connectivity index (χ0n) is 6.99. The molecule has 1 saturated heterocycles. The minimum Gasteiger partial charge on any atom is -0.465 e. The quantitative estimate of drug-likeness (QED) is 0.497. The first-order valence-electron chi connectivity index (χ1n) is 3.79. The van der Waals surface area contributed by atoms with Gasteiger partial charge in [-0.2, -0.15) is 0 Å². The highest BCUT2D eigenvalue weighted by atomic mass is 32.1. The van der Waals surface area contributed by atoms with Gasteiger partial charge in [0.15, 0.2) is 6.04 Å². The molecular formula is C7H11NO3S. The minimum absolute atomic E-state index is 0.239. The third-order valence-electron chi connectivity index (χ3n) is 1.58. The van der Waals surface area contributed by atoms with Crippen LogP contribution in [0.25, 0.3) is 0 Å². The molecule has 1 heterocycles. The number of thiocarbonyl (C=S) groups is 1. The van der Waals surface area contributed by atoms with Crippen molar-refractivity contribution in [3.63, 3.8) is 0 Å². The van der Waals surface area contributed by atoms with Crippen LogP contribution >= 0.6 is 12.2 Å². The number of carbonyl (C=O) groups is 1. The summed E-state index contributed by atoms with van der Waals surface area (Å²) in [5.74, 6) is -0.315. The molecule has 2 atom stereocenters. The van der Waals surface area contributed by atoms with E-state index in [0.717, 1.165) is 0 Å². The second kappa shape index (κ2) is 3.71. The van der Waals surface area contributed by atoms with Crippen molar-refractivity contribution in [1.82, 2.24) is 5.32 Å². The summed E-state index contributed by atoms with van der Waals surface area (Å²) in [5, 5.41) is 2.99. The van der Waals surface area contributed by atoms with E-state index >= 15 is 0 Å². The fraction of sp³-hybridized carbons (Fsp3) is 0.714. The molecule has 4 nitrogen and oxygen atoms in total. The first-order chi connectivity index (χ1) is 5.65. The molecule has 5 heteroatoms. The topological polar surface area (TPSA) is 47.6 Å². The molecule has 0 amide bonds. The van der Waals surface area contributed by atoms with E-state index in [4.69, 9.17) is 21.7 Å². The number of nitrogens with one attached hydrogen (secondary N) is 1. The largest absolute Gasteiger partial charge is 0.465 e. The summed E-state index contributed by atoms with van der Waals surface area (Å²) in [6, 6.07) is -0.447. The van der Waals surface area contributed by atoms with Gasteiger partial charge in [-0.25, -0.2) is 4.79 Å². The Morgan fingerprint density at radius 1 is 1.83 bits per heavy atom. The van der Waals surface area contributed by atoms with Gasteiger partial charge >= 0.3 is 5.97 Å². The normalized spacial score (nSPS) is 27.7. The zero-order valence-corrected chi connectivity index (χ0v) is 7.81. The summed E-state index contributed by atoms with van der Waals surface area (Å²) < 4.78 is 9.86. The number of hydrogen-bond donors (Lipinski definition) is 1. The maximum atomic E-state index is 11.2. The average molecular weight is 189 g/mol. The summed E-state index contributed by atoms with van der Waals surface area (Å²) in [5.41, 5.74) is 0. The second-order valence-corrected chi connectivity index (χ2v) is 2.86. The Morgan fingerprint density at radius 3 is 2.92 bits per heavy atom. The van der Waals surface area contributed by atoms with E-state index in [2.05, 4.69) is 5.32 Å². The van der Waals surface area contributed by atoms with Crippen LogP contribution in [0.5, 0.6) is 0 Å². The van der Waals surface area contributed by atoms with Gasteiger partial charge in [0.25, 0.3) is 5.17 Å². The molecule has 0 saturated carbocycles. The van der Waals surface area contributed by atoms with Gasteiger partial charge in [0, 0.05) is 0 Å². The van der Waals surface area contributed by atoms with Crippen molar-refractivity contribution in [2.24, 2.45) is 0 Å². The van der Waals surface area contributed by atoms with Crippen molar-refractivity contribution in [3.05, 3.63) is 0 Å². The van der Waals surface area contributed by atoms with Crippen LogP contribution in [-0.2, 0) is 14.3 Å². The molecule has 0 bridgehead atoms. The fourth-order valence-corrected chi connectivity index (χ4v) is 1.28. The van der Waals surface area contributed by atoms with Crippen molar-refractivity contribution in [1.29, 1.82) is 0 Å². The Bertz CT molecular complexity index is 207. The highest BCUT2D eigenvalue weighted by molar-refractivity contribution is 7.80. The lowest BCUT2D eigenvalue weighted by Gasteiger charge is -2.10. The van der Waals surface area contributed by atoms with Crippen molar-refractivity contribution in [2.75, 3.05) is 6.61 Å². The molecule has 0 unspecified atom stereocenters. The predicted molar refractivity (Wildman–Crippen MR) is 46.7 cm³/mol. The number of ether oxygens (including phenoxy) is 2. The molecule has 1 aliphatic heterocycles. The lowest BCUT2D eigenvalue weighted by Crippen LogP contribution is -2.39. The van der Waals surface area contributed by atoms with Gasteiger partial charge in [-0.1, -0.05) is 0 Å². The van der Waals surface area contributed by atoms with Gasteiger partial charge in [0.1, 0.15) is 6.10 Å². The number of hydrogen-bond acceptors (Lipinski definition) is 4. The van der Waals surface area contributed by atoms with Crippen LogP contribution < -0.4 is 5.32 Å². The molecule has 1 N–H and O–H groups in total. The monoisotopic (exact) mass is 189 g/mol. The van der Waals surface area contributed by atoms with E-state index in [9.17, 15) is 4.79 Å². The lowest BCUT2D eigenvalue weighted by atomic mass is 10.2. The molecule has 0 spiro atoms. The Kier molecular flexibility index (Phi) is 2.86. The van der Waals surface area contributed by atoms with Gasteiger partial charge in [-0.15, -0.1) is 0 Å². The third-order valence-corrected chi connectivity index (χ3v) is 1.79. The van der Waals surface area contributed by atoms with Gasteiger partial charge in [-0.05, 0) is 26.1 Å². The Morgan fingerprint density at radius 2 is 2.50 bits per heavy atom.